The summed E-state index contributed by atoms with van der Waals surface area (Å²) in [5.74, 6) is -1.03. The van der Waals surface area contributed by atoms with E-state index in [9.17, 15) is 4.79 Å². The highest BCUT2D eigenvalue weighted by Crippen LogP contribution is 2.12. The molecule has 84 valence electrons. The Morgan fingerprint density at radius 1 is 1.62 bits per heavy atom. The molecule has 0 spiro atoms. The van der Waals surface area contributed by atoms with E-state index < -0.39 is 5.97 Å². The Balaban J connectivity index is 2.66. The van der Waals surface area contributed by atoms with Gasteiger partial charge in [0, 0.05) is 12.8 Å². The molecule has 16 heavy (non-hydrogen) atoms. The van der Waals surface area contributed by atoms with Gasteiger partial charge >= 0.3 is 5.97 Å². The lowest BCUT2D eigenvalue weighted by molar-refractivity contribution is 0.0698. The van der Waals surface area contributed by atoms with E-state index in [4.69, 9.17) is 9.84 Å². The van der Waals surface area contributed by atoms with E-state index in [1.165, 1.54) is 10.7 Å². The molecule has 2 rings (SSSR count). The zero-order valence-electron chi connectivity index (χ0n) is 8.97. The van der Waals surface area contributed by atoms with Gasteiger partial charge in [0.25, 0.3) is 0 Å². The van der Waals surface area contributed by atoms with E-state index in [1.54, 1.807) is 7.11 Å². The minimum absolute atomic E-state index is 0.0982. The fourth-order valence-electron chi connectivity index (χ4n) is 1.55. The maximum Gasteiger partial charge on any atom is 0.341 e. The molecule has 0 fully saturated rings. The van der Waals surface area contributed by atoms with Crippen LogP contribution in [0.5, 0.6) is 0 Å². The largest absolute Gasteiger partial charge is 0.477 e. The second-order valence-electron chi connectivity index (χ2n) is 3.42. The summed E-state index contributed by atoms with van der Waals surface area (Å²) in [6, 6.07) is 1.81. The lowest BCUT2D eigenvalue weighted by atomic mass is 10.3. The quantitative estimate of drug-likeness (QED) is 0.832. The van der Waals surface area contributed by atoms with E-state index in [1.807, 2.05) is 13.0 Å². The van der Waals surface area contributed by atoms with Crippen molar-refractivity contribution in [2.75, 3.05) is 7.11 Å². The number of hydrogen-bond donors (Lipinski definition) is 1. The van der Waals surface area contributed by atoms with Gasteiger partial charge in [-0.1, -0.05) is 0 Å². The normalized spacial score (nSPS) is 10.9. The van der Waals surface area contributed by atoms with Gasteiger partial charge in [-0.3, -0.25) is 0 Å². The molecule has 2 aromatic rings. The van der Waals surface area contributed by atoms with Gasteiger partial charge in [0.1, 0.15) is 5.56 Å². The van der Waals surface area contributed by atoms with E-state index in [0.29, 0.717) is 17.9 Å². The number of nitrogens with zero attached hydrogens (tertiary/aromatic N) is 3. The molecular weight excluding hydrogens is 210 g/mol. The van der Waals surface area contributed by atoms with Crippen molar-refractivity contribution >= 4 is 11.6 Å². The molecular formula is C10H11N3O3. The Morgan fingerprint density at radius 3 is 3.00 bits per heavy atom. The number of ether oxygens (including phenoxy) is 1. The van der Waals surface area contributed by atoms with E-state index in [2.05, 4.69) is 10.1 Å². The van der Waals surface area contributed by atoms with Crippen LogP contribution in [0.2, 0.25) is 0 Å². The highest BCUT2D eigenvalue weighted by Gasteiger charge is 2.14. The minimum atomic E-state index is -1.03. The monoisotopic (exact) mass is 221 g/mol. The number of hydrogen-bond acceptors (Lipinski definition) is 4. The lowest BCUT2D eigenvalue weighted by Gasteiger charge is -2.03. The number of carboxylic acids is 1. The molecule has 0 bridgehead atoms. The van der Waals surface area contributed by atoms with Crippen LogP contribution in [0.1, 0.15) is 21.7 Å². The molecule has 2 aromatic heterocycles. The Morgan fingerprint density at radius 2 is 2.38 bits per heavy atom. The van der Waals surface area contributed by atoms with Crippen LogP contribution >= 0.6 is 0 Å². The number of aromatic nitrogens is 3. The topological polar surface area (TPSA) is 76.7 Å². The molecule has 0 aliphatic carbocycles. The first-order chi connectivity index (χ1) is 7.63. The second-order valence-corrected chi connectivity index (χ2v) is 3.42. The summed E-state index contributed by atoms with van der Waals surface area (Å²) in [6.07, 6.45) is 1.30. The molecule has 0 aromatic carbocycles. The van der Waals surface area contributed by atoms with Crippen LogP contribution in [-0.2, 0) is 11.3 Å². The number of aryl methyl sites for hydroxylation is 1. The Bertz CT molecular complexity index is 547. The van der Waals surface area contributed by atoms with E-state index in [0.717, 1.165) is 5.69 Å². The molecule has 0 aliphatic rings. The number of methoxy groups -OCH3 is 1. The highest BCUT2D eigenvalue weighted by atomic mass is 16.5. The number of aromatic carboxylic acids is 1. The van der Waals surface area contributed by atoms with Crippen LogP contribution in [-0.4, -0.2) is 32.8 Å². The molecule has 0 unspecified atom stereocenters. The van der Waals surface area contributed by atoms with Crippen molar-refractivity contribution in [3.63, 3.8) is 0 Å². The smallest absolute Gasteiger partial charge is 0.341 e. The molecule has 1 N–H and O–H groups in total. The van der Waals surface area contributed by atoms with Crippen LogP contribution in [0.25, 0.3) is 5.65 Å². The van der Waals surface area contributed by atoms with Gasteiger partial charge in [0.15, 0.2) is 5.65 Å². The van der Waals surface area contributed by atoms with Crippen LogP contribution in [0.15, 0.2) is 12.3 Å². The van der Waals surface area contributed by atoms with Gasteiger partial charge in [-0.2, -0.15) is 5.10 Å². The molecule has 0 aliphatic heterocycles. The Kier molecular flexibility index (Phi) is 2.57. The molecule has 6 nitrogen and oxygen atoms in total. The summed E-state index contributed by atoms with van der Waals surface area (Å²) in [5.41, 5.74) is 1.96. The summed E-state index contributed by atoms with van der Waals surface area (Å²) in [4.78, 5) is 15.1. The van der Waals surface area contributed by atoms with Gasteiger partial charge in [-0.15, -0.1) is 0 Å². The van der Waals surface area contributed by atoms with Gasteiger partial charge in [0.05, 0.1) is 18.5 Å². The van der Waals surface area contributed by atoms with Crippen LogP contribution in [0.3, 0.4) is 0 Å². The summed E-state index contributed by atoms with van der Waals surface area (Å²) >= 11 is 0. The predicted octanol–water partition coefficient (Wildman–Crippen LogP) is 0.882. The molecule has 6 heteroatoms. The van der Waals surface area contributed by atoms with Gasteiger partial charge in [-0.05, 0) is 13.0 Å². The van der Waals surface area contributed by atoms with Crippen molar-refractivity contribution < 1.29 is 14.6 Å². The standard InChI is InChI=1S/C10H11N3O3/c1-6-3-7(5-16-2)12-9-8(10(14)15)4-11-13(6)9/h3-4H,5H2,1-2H3,(H,14,15). The maximum atomic E-state index is 10.9. The molecule has 0 radical (unpaired) electrons. The Labute approximate surface area is 91.5 Å². The van der Waals surface area contributed by atoms with Gasteiger partial charge in [-0.25, -0.2) is 14.3 Å². The molecule has 0 saturated heterocycles. The van der Waals surface area contributed by atoms with Crippen molar-refractivity contribution in [3.05, 3.63) is 29.2 Å². The third kappa shape index (κ3) is 1.63. The molecule has 0 atom stereocenters. The zero-order chi connectivity index (χ0) is 11.7. The SMILES string of the molecule is COCc1cc(C)n2ncc(C(=O)O)c2n1. The second kappa shape index (κ2) is 3.90. The summed E-state index contributed by atoms with van der Waals surface area (Å²) in [6.45, 7) is 2.19. The van der Waals surface area contributed by atoms with Crippen molar-refractivity contribution in [3.8, 4) is 0 Å². The highest BCUT2D eigenvalue weighted by molar-refractivity contribution is 5.94. The molecule has 0 amide bonds. The first-order valence-corrected chi connectivity index (χ1v) is 4.70. The number of carbonyl (C=O) groups is 1. The van der Waals surface area contributed by atoms with Crippen molar-refractivity contribution in [1.29, 1.82) is 0 Å². The predicted molar refractivity (Wildman–Crippen MR) is 55.4 cm³/mol. The van der Waals surface area contributed by atoms with Crippen molar-refractivity contribution in [2.45, 2.75) is 13.5 Å². The fraction of sp³-hybridized carbons (Fsp3) is 0.300. The zero-order valence-corrected chi connectivity index (χ0v) is 8.97. The fourth-order valence-corrected chi connectivity index (χ4v) is 1.55. The molecule has 0 saturated carbocycles. The number of fused-ring (bicyclic) bond motifs is 1. The van der Waals surface area contributed by atoms with Crippen molar-refractivity contribution in [1.82, 2.24) is 14.6 Å². The number of carboxylic acid groups (broad SMARTS) is 1. The van der Waals surface area contributed by atoms with Crippen molar-refractivity contribution in [2.24, 2.45) is 0 Å². The first-order valence-electron chi connectivity index (χ1n) is 4.70. The number of rotatable bonds is 3. The van der Waals surface area contributed by atoms with E-state index >= 15 is 0 Å². The summed E-state index contributed by atoms with van der Waals surface area (Å²) < 4.78 is 6.47. The third-order valence-corrected chi connectivity index (χ3v) is 2.23. The minimum Gasteiger partial charge on any atom is -0.477 e. The van der Waals surface area contributed by atoms with Crippen LogP contribution < -0.4 is 0 Å². The lowest BCUT2D eigenvalue weighted by Crippen LogP contribution is -2.03. The Hall–Kier alpha value is -1.95. The summed E-state index contributed by atoms with van der Waals surface area (Å²) in [7, 11) is 1.57. The molecule has 2 heterocycles. The van der Waals surface area contributed by atoms with Crippen LogP contribution in [0.4, 0.5) is 0 Å². The van der Waals surface area contributed by atoms with Gasteiger partial charge in [0.2, 0.25) is 0 Å². The average molecular weight is 221 g/mol. The maximum absolute atomic E-state index is 10.9. The first kappa shape index (κ1) is 10.6. The van der Waals surface area contributed by atoms with E-state index in [-0.39, 0.29) is 5.56 Å². The van der Waals surface area contributed by atoms with Gasteiger partial charge < -0.3 is 9.84 Å². The summed E-state index contributed by atoms with van der Waals surface area (Å²) in [5, 5.41) is 12.9. The third-order valence-electron chi connectivity index (χ3n) is 2.23. The van der Waals surface area contributed by atoms with Crippen LogP contribution in [0, 0.1) is 6.92 Å². The average Bonchev–Trinajstić information content (AvgIpc) is 2.62.